The van der Waals surface area contributed by atoms with Gasteiger partial charge in [-0.2, -0.15) is 0 Å². The quantitative estimate of drug-likeness (QED) is 0.831. The van der Waals surface area contributed by atoms with E-state index in [0.29, 0.717) is 17.5 Å². The van der Waals surface area contributed by atoms with E-state index in [0.717, 1.165) is 43.4 Å². The molecule has 0 spiro atoms. The number of likely N-dealkylation sites (tertiary alicyclic amines) is 2. The second-order valence-electron chi connectivity index (χ2n) is 7.09. The molecule has 132 valence electrons. The van der Waals surface area contributed by atoms with E-state index in [9.17, 15) is 9.59 Å². The lowest BCUT2D eigenvalue weighted by atomic mass is 10.0. The number of hydrogen-bond donors (Lipinski definition) is 0. The van der Waals surface area contributed by atoms with Gasteiger partial charge in [0.1, 0.15) is 5.69 Å². The Hall–Kier alpha value is -1.99. The van der Waals surface area contributed by atoms with Crippen LogP contribution in [0.2, 0.25) is 0 Å². The number of carbonyl (C=O) groups excluding carboxylic acids is 1. The van der Waals surface area contributed by atoms with Crippen LogP contribution < -0.4 is 5.56 Å². The minimum Gasteiger partial charge on any atom is -0.337 e. The van der Waals surface area contributed by atoms with Crippen molar-refractivity contribution in [2.24, 2.45) is 18.9 Å². The maximum absolute atomic E-state index is 12.8. The third-order valence-electron chi connectivity index (χ3n) is 5.31. The number of aryl methyl sites for hydroxylation is 1. The number of nitrogens with zero attached hydrogens (tertiary/aromatic N) is 4. The molecule has 2 saturated heterocycles. The first-order chi connectivity index (χ1) is 12.0. The lowest BCUT2D eigenvalue weighted by Crippen LogP contribution is -2.36. The van der Waals surface area contributed by atoms with Crippen molar-refractivity contribution in [3.8, 4) is 0 Å². The second-order valence-corrected chi connectivity index (χ2v) is 8.15. The fourth-order valence-electron chi connectivity index (χ4n) is 4.04. The van der Waals surface area contributed by atoms with Crippen LogP contribution in [0.1, 0.15) is 21.2 Å². The van der Waals surface area contributed by atoms with Crippen LogP contribution in [0.3, 0.4) is 0 Å². The Bertz CT molecular complexity index is 845. The normalized spacial score (nSPS) is 23.2. The third kappa shape index (κ3) is 3.14. The zero-order chi connectivity index (χ0) is 17.6. The van der Waals surface area contributed by atoms with Gasteiger partial charge < -0.3 is 9.47 Å². The van der Waals surface area contributed by atoms with Gasteiger partial charge in [-0.05, 0) is 24.8 Å². The van der Waals surface area contributed by atoms with Crippen LogP contribution in [0.4, 0.5) is 0 Å². The molecular formula is C18H22N4O2S. The summed E-state index contributed by atoms with van der Waals surface area (Å²) in [5.74, 6) is 1.00. The molecule has 2 fully saturated rings. The van der Waals surface area contributed by atoms with Gasteiger partial charge in [0.25, 0.3) is 11.5 Å². The first-order valence-electron chi connectivity index (χ1n) is 8.60. The van der Waals surface area contributed by atoms with Gasteiger partial charge in [0.15, 0.2) is 0 Å². The number of rotatable bonds is 3. The molecule has 2 aliphatic heterocycles. The van der Waals surface area contributed by atoms with Gasteiger partial charge in [0, 0.05) is 51.2 Å². The summed E-state index contributed by atoms with van der Waals surface area (Å²) in [7, 11) is 1.66. The topological polar surface area (TPSA) is 58.4 Å². The highest BCUT2D eigenvalue weighted by molar-refractivity contribution is 7.09. The highest BCUT2D eigenvalue weighted by Gasteiger charge is 2.42. The summed E-state index contributed by atoms with van der Waals surface area (Å²) in [6.45, 7) is 6.52. The molecule has 2 aromatic rings. The summed E-state index contributed by atoms with van der Waals surface area (Å²) in [6, 6.07) is 4.87. The van der Waals surface area contributed by atoms with E-state index in [-0.39, 0.29) is 11.5 Å². The zero-order valence-electron chi connectivity index (χ0n) is 14.5. The van der Waals surface area contributed by atoms with Crippen molar-refractivity contribution in [1.82, 2.24) is 19.4 Å². The van der Waals surface area contributed by atoms with Gasteiger partial charge in [-0.1, -0.05) is 6.07 Å². The first kappa shape index (κ1) is 16.5. The number of hydrogen-bond acceptors (Lipinski definition) is 5. The molecule has 0 aromatic carbocycles. The molecule has 0 radical (unpaired) electrons. The van der Waals surface area contributed by atoms with Crippen LogP contribution in [0.15, 0.2) is 28.4 Å². The molecule has 0 N–H and O–H groups in total. The molecule has 2 aromatic heterocycles. The summed E-state index contributed by atoms with van der Waals surface area (Å²) in [5, 5.41) is 3.24. The highest BCUT2D eigenvalue weighted by Crippen LogP contribution is 2.32. The minimum absolute atomic E-state index is 0.0312. The van der Waals surface area contributed by atoms with Crippen molar-refractivity contribution < 1.29 is 4.79 Å². The lowest BCUT2D eigenvalue weighted by Gasteiger charge is -2.22. The number of aromatic nitrogens is 2. The van der Waals surface area contributed by atoms with Crippen LogP contribution in [0.5, 0.6) is 0 Å². The number of thiazole rings is 1. The predicted octanol–water partition coefficient (Wildman–Crippen LogP) is 1.35. The van der Waals surface area contributed by atoms with Crippen LogP contribution in [0.25, 0.3) is 0 Å². The smallest absolute Gasteiger partial charge is 0.270 e. The number of carbonyl (C=O) groups is 1. The summed E-state index contributed by atoms with van der Waals surface area (Å²) in [4.78, 5) is 33.4. The molecule has 0 bridgehead atoms. The Balaban J connectivity index is 1.40. The van der Waals surface area contributed by atoms with Crippen molar-refractivity contribution >= 4 is 17.2 Å². The SMILES string of the molecule is Cc1nc(CN2CC3CN(C(=O)c4cccc(=O)n4C)CC3C2)cs1. The van der Waals surface area contributed by atoms with E-state index in [1.165, 1.54) is 10.6 Å². The van der Waals surface area contributed by atoms with E-state index in [2.05, 4.69) is 15.3 Å². The zero-order valence-corrected chi connectivity index (χ0v) is 15.3. The Morgan fingerprint density at radius 1 is 1.24 bits per heavy atom. The van der Waals surface area contributed by atoms with E-state index in [1.807, 2.05) is 11.8 Å². The summed E-state index contributed by atoms with van der Waals surface area (Å²) >= 11 is 1.69. The Kier molecular flexibility index (Phi) is 4.21. The Morgan fingerprint density at radius 3 is 2.60 bits per heavy atom. The van der Waals surface area contributed by atoms with Gasteiger partial charge in [-0.25, -0.2) is 4.98 Å². The number of fused-ring (bicyclic) bond motifs is 1. The molecule has 4 rings (SSSR count). The third-order valence-corrected chi connectivity index (χ3v) is 6.13. The van der Waals surface area contributed by atoms with Crippen molar-refractivity contribution in [2.75, 3.05) is 26.2 Å². The van der Waals surface area contributed by atoms with Crippen molar-refractivity contribution in [1.29, 1.82) is 0 Å². The molecule has 0 aliphatic carbocycles. The van der Waals surface area contributed by atoms with E-state index in [1.54, 1.807) is 30.5 Å². The van der Waals surface area contributed by atoms with Crippen LogP contribution >= 0.6 is 11.3 Å². The molecular weight excluding hydrogens is 336 g/mol. The summed E-state index contributed by atoms with van der Waals surface area (Å²) < 4.78 is 1.44. The van der Waals surface area contributed by atoms with Gasteiger partial charge in [-0.15, -0.1) is 11.3 Å². The summed E-state index contributed by atoms with van der Waals surface area (Å²) in [6.07, 6.45) is 0. The molecule has 2 aliphatic rings. The second kappa shape index (κ2) is 6.38. The van der Waals surface area contributed by atoms with Gasteiger partial charge in [0.05, 0.1) is 10.7 Å². The van der Waals surface area contributed by atoms with Crippen LogP contribution in [-0.2, 0) is 13.6 Å². The largest absolute Gasteiger partial charge is 0.337 e. The number of pyridine rings is 1. The summed E-state index contributed by atoms with van der Waals surface area (Å²) in [5.41, 5.74) is 1.48. The first-order valence-corrected chi connectivity index (χ1v) is 9.48. The average Bonchev–Trinajstić information content (AvgIpc) is 3.24. The van der Waals surface area contributed by atoms with Crippen LogP contribution in [-0.4, -0.2) is 51.4 Å². The molecule has 6 nitrogen and oxygen atoms in total. The molecule has 0 saturated carbocycles. The van der Waals surface area contributed by atoms with Crippen molar-refractivity contribution in [2.45, 2.75) is 13.5 Å². The standard InChI is InChI=1S/C18H22N4O2S/c1-12-19-15(11-25-12)10-21-6-13-8-22(9-14(13)7-21)18(24)16-4-3-5-17(23)20(16)2/h3-5,11,13-14H,6-10H2,1-2H3. The number of amides is 1. The minimum atomic E-state index is -0.144. The average molecular weight is 358 g/mol. The van der Waals surface area contributed by atoms with E-state index < -0.39 is 0 Å². The molecule has 2 unspecified atom stereocenters. The molecule has 2 atom stereocenters. The monoisotopic (exact) mass is 358 g/mol. The van der Waals surface area contributed by atoms with E-state index >= 15 is 0 Å². The fourth-order valence-corrected chi connectivity index (χ4v) is 4.64. The molecule has 7 heteroatoms. The maximum atomic E-state index is 12.8. The van der Waals surface area contributed by atoms with Crippen molar-refractivity contribution in [3.05, 3.63) is 50.3 Å². The molecule has 4 heterocycles. The highest BCUT2D eigenvalue weighted by atomic mass is 32.1. The van der Waals surface area contributed by atoms with Crippen molar-refractivity contribution in [3.63, 3.8) is 0 Å². The van der Waals surface area contributed by atoms with Gasteiger partial charge >= 0.3 is 0 Å². The Morgan fingerprint density at radius 2 is 1.96 bits per heavy atom. The lowest BCUT2D eigenvalue weighted by molar-refractivity contribution is 0.0762. The van der Waals surface area contributed by atoms with E-state index in [4.69, 9.17) is 0 Å². The van der Waals surface area contributed by atoms with Gasteiger partial charge in [-0.3, -0.25) is 14.5 Å². The predicted molar refractivity (Wildman–Crippen MR) is 96.7 cm³/mol. The van der Waals surface area contributed by atoms with Gasteiger partial charge in [0.2, 0.25) is 0 Å². The molecule has 25 heavy (non-hydrogen) atoms. The maximum Gasteiger partial charge on any atom is 0.270 e. The van der Waals surface area contributed by atoms with Crippen LogP contribution in [0, 0.1) is 18.8 Å². The Labute approximate surface area is 150 Å². The molecule has 1 amide bonds. The fraction of sp³-hybridized carbons (Fsp3) is 0.500.